The maximum Gasteiger partial charge on any atom is 0.0364 e. The van der Waals surface area contributed by atoms with E-state index in [1.807, 2.05) is 0 Å². The van der Waals surface area contributed by atoms with E-state index in [4.69, 9.17) is 0 Å². The lowest BCUT2D eigenvalue weighted by molar-refractivity contribution is 0.607. The van der Waals surface area contributed by atoms with Crippen LogP contribution in [0.1, 0.15) is 23.1 Å². The van der Waals surface area contributed by atoms with E-state index in [0.29, 0.717) is 0 Å². The van der Waals surface area contributed by atoms with Crippen LogP contribution in [0.5, 0.6) is 0 Å². The van der Waals surface area contributed by atoms with Gasteiger partial charge in [0.15, 0.2) is 0 Å². The molecule has 2 aliphatic rings. The SMILES string of the molecule is [C]1=C(c2ccccc2)C(C2(Cc3ccccc3)C=CC(Cc3ccccc3)=C2)=CC1. The van der Waals surface area contributed by atoms with Crippen LogP contribution in [-0.4, -0.2) is 0 Å². The normalized spacial score (nSPS) is 20.1. The van der Waals surface area contributed by atoms with Gasteiger partial charge in [0.2, 0.25) is 0 Å². The van der Waals surface area contributed by atoms with E-state index >= 15 is 0 Å². The van der Waals surface area contributed by atoms with E-state index in [-0.39, 0.29) is 5.41 Å². The van der Waals surface area contributed by atoms with Crippen LogP contribution in [-0.2, 0) is 12.8 Å². The summed E-state index contributed by atoms with van der Waals surface area (Å²) in [6.07, 6.45) is 16.1. The maximum atomic E-state index is 3.64. The number of hydrogen-bond donors (Lipinski definition) is 0. The van der Waals surface area contributed by atoms with Crippen LogP contribution in [0.4, 0.5) is 0 Å². The molecule has 0 fully saturated rings. The van der Waals surface area contributed by atoms with Crippen LogP contribution in [0.2, 0.25) is 0 Å². The molecule has 145 valence electrons. The van der Waals surface area contributed by atoms with E-state index in [1.54, 1.807) is 0 Å². The predicted octanol–water partition coefficient (Wildman–Crippen LogP) is 7.17. The van der Waals surface area contributed by atoms with Gasteiger partial charge in [-0.15, -0.1) is 0 Å². The van der Waals surface area contributed by atoms with Crippen molar-refractivity contribution in [2.24, 2.45) is 5.41 Å². The molecule has 5 rings (SSSR count). The Kier molecular flexibility index (Phi) is 5.07. The maximum absolute atomic E-state index is 3.64. The molecule has 0 saturated carbocycles. The van der Waals surface area contributed by atoms with Crippen molar-refractivity contribution in [3.05, 3.63) is 149 Å². The second-order valence-corrected chi connectivity index (χ2v) is 8.16. The number of hydrogen-bond acceptors (Lipinski definition) is 0. The van der Waals surface area contributed by atoms with Crippen LogP contribution >= 0.6 is 0 Å². The lowest BCUT2D eigenvalue weighted by Gasteiger charge is -2.30. The van der Waals surface area contributed by atoms with Crippen LogP contribution in [0.3, 0.4) is 0 Å². The van der Waals surface area contributed by atoms with Crippen LogP contribution in [0, 0.1) is 11.5 Å². The first-order valence-electron chi connectivity index (χ1n) is 10.7. The van der Waals surface area contributed by atoms with E-state index in [1.165, 1.54) is 33.4 Å². The van der Waals surface area contributed by atoms with Crippen LogP contribution < -0.4 is 0 Å². The topological polar surface area (TPSA) is 0 Å². The van der Waals surface area contributed by atoms with E-state index in [0.717, 1.165) is 19.3 Å². The zero-order valence-electron chi connectivity index (χ0n) is 17.1. The van der Waals surface area contributed by atoms with Crippen molar-refractivity contribution < 1.29 is 0 Å². The molecule has 0 heterocycles. The zero-order valence-corrected chi connectivity index (χ0v) is 17.1. The van der Waals surface area contributed by atoms with Gasteiger partial charge in [-0.1, -0.05) is 115 Å². The van der Waals surface area contributed by atoms with Crippen LogP contribution in [0.25, 0.3) is 5.57 Å². The fourth-order valence-corrected chi connectivity index (χ4v) is 4.67. The summed E-state index contributed by atoms with van der Waals surface area (Å²) in [6, 6.07) is 32.3. The first-order chi connectivity index (χ1) is 14.8. The Morgan fingerprint density at radius 2 is 1.37 bits per heavy atom. The summed E-state index contributed by atoms with van der Waals surface area (Å²) in [7, 11) is 0. The molecule has 0 amide bonds. The minimum absolute atomic E-state index is 0.125. The van der Waals surface area contributed by atoms with Crippen molar-refractivity contribution in [2.45, 2.75) is 19.3 Å². The quantitative estimate of drug-likeness (QED) is 0.422. The highest BCUT2D eigenvalue weighted by Gasteiger charge is 2.36. The van der Waals surface area contributed by atoms with Gasteiger partial charge in [-0.2, -0.15) is 0 Å². The molecule has 0 nitrogen and oxygen atoms in total. The number of allylic oxidation sites excluding steroid dienone is 8. The molecule has 1 unspecified atom stereocenters. The predicted molar refractivity (Wildman–Crippen MR) is 126 cm³/mol. The summed E-state index contributed by atoms with van der Waals surface area (Å²) in [5.41, 5.74) is 7.88. The lowest BCUT2D eigenvalue weighted by Crippen LogP contribution is -2.20. The minimum Gasteiger partial charge on any atom is -0.0750 e. The van der Waals surface area contributed by atoms with Gasteiger partial charge in [0.05, 0.1) is 0 Å². The zero-order chi connectivity index (χ0) is 20.2. The van der Waals surface area contributed by atoms with Crippen LogP contribution in [0.15, 0.2) is 126 Å². The molecular weight excluding hydrogens is 360 g/mol. The summed E-state index contributed by atoms with van der Waals surface area (Å²) < 4.78 is 0. The fourth-order valence-electron chi connectivity index (χ4n) is 4.67. The van der Waals surface area contributed by atoms with Gasteiger partial charge < -0.3 is 0 Å². The Morgan fingerprint density at radius 3 is 2.07 bits per heavy atom. The van der Waals surface area contributed by atoms with Crippen molar-refractivity contribution in [1.29, 1.82) is 0 Å². The van der Waals surface area contributed by atoms with E-state index < -0.39 is 0 Å². The molecule has 0 heteroatoms. The lowest BCUT2D eigenvalue weighted by atomic mass is 9.73. The Labute approximate surface area is 179 Å². The third-order valence-electron chi connectivity index (χ3n) is 6.05. The second kappa shape index (κ2) is 8.16. The van der Waals surface area contributed by atoms with Crippen molar-refractivity contribution in [3.63, 3.8) is 0 Å². The second-order valence-electron chi connectivity index (χ2n) is 8.16. The molecule has 30 heavy (non-hydrogen) atoms. The third kappa shape index (κ3) is 3.74. The summed E-state index contributed by atoms with van der Waals surface area (Å²) in [5.74, 6) is 0. The smallest absolute Gasteiger partial charge is 0.0364 e. The Hall–Kier alpha value is -3.38. The summed E-state index contributed by atoms with van der Waals surface area (Å²) in [5, 5.41) is 0. The largest absolute Gasteiger partial charge is 0.0750 e. The van der Waals surface area contributed by atoms with Gasteiger partial charge >= 0.3 is 0 Å². The molecular formula is C30H25. The van der Waals surface area contributed by atoms with E-state index in [9.17, 15) is 0 Å². The number of rotatable bonds is 6. The van der Waals surface area contributed by atoms with Gasteiger partial charge in [0.25, 0.3) is 0 Å². The highest BCUT2D eigenvalue weighted by atomic mass is 14.4. The molecule has 2 aliphatic carbocycles. The molecule has 0 saturated heterocycles. The molecule has 1 radical (unpaired) electrons. The molecule has 0 spiro atoms. The molecule has 0 N–H and O–H groups in total. The molecule has 3 aromatic carbocycles. The minimum atomic E-state index is -0.125. The highest BCUT2D eigenvalue weighted by Crippen LogP contribution is 2.48. The van der Waals surface area contributed by atoms with Crippen molar-refractivity contribution in [3.8, 4) is 0 Å². The van der Waals surface area contributed by atoms with Gasteiger partial charge in [0.1, 0.15) is 0 Å². The molecule has 0 aliphatic heterocycles. The summed E-state index contributed by atoms with van der Waals surface area (Å²) in [4.78, 5) is 0. The standard InChI is InChI=1S/C30H25/c1-4-11-24(12-5-1)21-26-19-20-30(23-26,22-25-13-6-2-7-14-25)29-18-10-17-28(29)27-15-8-3-9-16-27/h1-9,11-16,18-20,23H,10,21-22H2. The molecule has 0 aromatic heterocycles. The average Bonchev–Trinajstić information content (AvgIpc) is 3.44. The Morgan fingerprint density at radius 1 is 0.733 bits per heavy atom. The Balaban J connectivity index is 1.53. The van der Waals surface area contributed by atoms with Gasteiger partial charge in [0, 0.05) is 5.41 Å². The third-order valence-corrected chi connectivity index (χ3v) is 6.05. The summed E-state index contributed by atoms with van der Waals surface area (Å²) >= 11 is 0. The van der Waals surface area contributed by atoms with Gasteiger partial charge in [-0.3, -0.25) is 0 Å². The number of benzene rings is 3. The Bertz CT molecular complexity index is 1130. The van der Waals surface area contributed by atoms with Crippen molar-refractivity contribution in [1.82, 2.24) is 0 Å². The first-order valence-corrected chi connectivity index (χ1v) is 10.7. The van der Waals surface area contributed by atoms with Gasteiger partial charge in [-0.25, -0.2) is 0 Å². The van der Waals surface area contributed by atoms with Gasteiger partial charge in [-0.05, 0) is 58.7 Å². The monoisotopic (exact) mass is 385 g/mol. The van der Waals surface area contributed by atoms with Crippen molar-refractivity contribution >= 4 is 5.57 Å². The summed E-state index contributed by atoms with van der Waals surface area (Å²) in [6.45, 7) is 0. The molecule has 1 atom stereocenters. The highest BCUT2D eigenvalue weighted by molar-refractivity contribution is 5.83. The molecule has 3 aromatic rings. The average molecular weight is 386 g/mol. The van der Waals surface area contributed by atoms with E-state index in [2.05, 4.69) is 121 Å². The van der Waals surface area contributed by atoms with Crippen molar-refractivity contribution in [2.75, 3.05) is 0 Å². The molecule has 0 bridgehead atoms. The fraction of sp³-hybridized carbons (Fsp3) is 0.133. The first kappa shape index (κ1) is 18.6.